The van der Waals surface area contributed by atoms with Crippen LogP contribution < -0.4 is 10.2 Å². The van der Waals surface area contributed by atoms with Gasteiger partial charge < -0.3 is 15.0 Å². The summed E-state index contributed by atoms with van der Waals surface area (Å²) < 4.78 is 5.14. The summed E-state index contributed by atoms with van der Waals surface area (Å²) in [6, 6.07) is 13.2. The van der Waals surface area contributed by atoms with Crippen molar-refractivity contribution in [2.24, 2.45) is 5.92 Å². The molecule has 1 aliphatic heterocycles. The highest BCUT2D eigenvalue weighted by molar-refractivity contribution is 6.00. The number of hydrogen-bond acceptors (Lipinski definition) is 4. The van der Waals surface area contributed by atoms with E-state index in [0.717, 1.165) is 22.4 Å². The zero-order valence-corrected chi connectivity index (χ0v) is 16.3. The van der Waals surface area contributed by atoms with E-state index in [4.69, 9.17) is 4.74 Å². The Labute approximate surface area is 164 Å². The average Bonchev–Trinajstić information content (AvgIpc) is 3.01. The number of rotatable bonds is 5. The minimum atomic E-state index is -0.569. The van der Waals surface area contributed by atoms with Crippen LogP contribution in [-0.4, -0.2) is 30.9 Å². The molecule has 0 radical (unpaired) electrons. The quantitative estimate of drug-likeness (QED) is 0.809. The Balaban J connectivity index is 1.55. The lowest BCUT2D eigenvalue weighted by molar-refractivity contribution is -0.151. The van der Waals surface area contributed by atoms with Gasteiger partial charge in [-0.25, -0.2) is 0 Å². The van der Waals surface area contributed by atoms with Crippen molar-refractivity contribution in [2.75, 3.05) is 23.4 Å². The van der Waals surface area contributed by atoms with Gasteiger partial charge in [0.25, 0.3) is 5.91 Å². The van der Waals surface area contributed by atoms with Crippen molar-refractivity contribution in [1.82, 2.24) is 0 Å². The maximum Gasteiger partial charge on any atom is 0.311 e. The number of ether oxygens (including phenoxy) is 1. The predicted molar refractivity (Wildman–Crippen MR) is 107 cm³/mol. The minimum Gasteiger partial charge on any atom is -0.455 e. The molecule has 1 atom stereocenters. The van der Waals surface area contributed by atoms with Gasteiger partial charge >= 0.3 is 5.97 Å². The van der Waals surface area contributed by atoms with Gasteiger partial charge in [-0.1, -0.05) is 29.8 Å². The van der Waals surface area contributed by atoms with Gasteiger partial charge in [-0.15, -0.1) is 0 Å². The summed E-state index contributed by atoms with van der Waals surface area (Å²) in [7, 11) is 0. The standard InChI is InChI=1S/C22H24N2O4/c1-14-5-4-6-18(10-14)23-20(25)13-28-22(27)17-11-21(26)24(12-17)19-8-7-15(2)9-16(19)3/h4-10,17H,11-13H2,1-3H3,(H,23,25)/t17-/m1/s1. The molecular weight excluding hydrogens is 356 g/mol. The van der Waals surface area contributed by atoms with Crippen molar-refractivity contribution in [3.8, 4) is 0 Å². The fourth-order valence-electron chi connectivity index (χ4n) is 3.38. The van der Waals surface area contributed by atoms with E-state index >= 15 is 0 Å². The van der Waals surface area contributed by atoms with Crippen LogP contribution in [0.5, 0.6) is 0 Å². The van der Waals surface area contributed by atoms with Crippen molar-refractivity contribution >= 4 is 29.2 Å². The Morgan fingerprint density at radius 3 is 2.57 bits per heavy atom. The summed E-state index contributed by atoms with van der Waals surface area (Å²) in [6.45, 7) is 5.75. The highest BCUT2D eigenvalue weighted by Gasteiger charge is 2.36. The number of nitrogens with one attached hydrogen (secondary N) is 1. The number of hydrogen-bond donors (Lipinski definition) is 1. The molecule has 0 aliphatic carbocycles. The monoisotopic (exact) mass is 380 g/mol. The molecule has 146 valence electrons. The van der Waals surface area contributed by atoms with Gasteiger partial charge in [0.15, 0.2) is 6.61 Å². The summed E-state index contributed by atoms with van der Waals surface area (Å²) in [5.41, 5.74) is 4.58. The summed E-state index contributed by atoms with van der Waals surface area (Å²) in [4.78, 5) is 38.3. The summed E-state index contributed by atoms with van der Waals surface area (Å²) in [6.07, 6.45) is 0.0889. The Bertz CT molecular complexity index is 923. The van der Waals surface area contributed by atoms with Crippen LogP contribution in [-0.2, 0) is 19.1 Å². The molecule has 1 N–H and O–H groups in total. The largest absolute Gasteiger partial charge is 0.455 e. The second kappa shape index (κ2) is 8.25. The minimum absolute atomic E-state index is 0.0889. The third-order valence-corrected chi connectivity index (χ3v) is 4.75. The third kappa shape index (κ3) is 4.57. The molecule has 0 aromatic heterocycles. The SMILES string of the molecule is Cc1cccc(NC(=O)COC(=O)[C@@H]2CC(=O)N(c3ccc(C)cc3C)C2)c1. The molecule has 1 heterocycles. The van der Waals surface area contributed by atoms with E-state index in [1.807, 2.05) is 57.2 Å². The first-order valence-corrected chi connectivity index (χ1v) is 9.24. The number of nitrogens with zero attached hydrogens (tertiary/aromatic N) is 1. The highest BCUT2D eigenvalue weighted by Crippen LogP contribution is 2.29. The average molecular weight is 380 g/mol. The van der Waals surface area contributed by atoms with Gasteiger partial charge in [0.05, 0.1) is 5.92 Å². The van der Waals surface area contributed by atoms with Crippen molar-refractivity contribution in [2.45, 2.75) is 27.2 Å². The molecule has 0 unspecified atom stereocenters. The van der Waals surface area contributed by atoms with Crippen LogP contribution in [0.3, 0.4) is 0 Å². The molecule has 6 heteroatoms. The lowest BCUT2D eigenvalue weighted by atomic mass is 10.1. The number of benzene rings is 2. The molecule has 1 saturated heterocycles. The van der Waals surface area contributed by atoms with Crippen molar-refractivity contribution in [3.63, 3.8) is 0 Å². The van der Waals surface area contributed by atoms with E-state index in [9.17, 15) is 14.4 Å². The molecule has 3 rings (SSSR count). The number of esters is 1. The second-order valence-electron chi connectivity index (χ2n) is 7.22. The van der Waals surface area contributed by atoms with Crippen LogP contribution in [0.25, 0.3) is 0 Å². The molecule has 2 amide bonds. The maximum atomic E-state index is 12.4. The van der Waals surface area contributed by atoms with E-state index in [1.54, 1.807) is 11.0 Å². The zero-order chi connectivity index (χ0) is 20.3. The number of anilines is 2. The summed E-state index contributed by atoms with van der Waals surface area (Å²) in [5, 5.41) is 2.69. The van der Waals surface area contributed by atoms with Crippen LogP contribution in [0.4, 0.5) is 11.4 Å². The normalized spacial score (nSPS) is 16.2. The lowest BCUT2D eigenvalue weighted by Gasteiger charge is -2.19. The topological polar surface area (TPSA) is 75.7 Å². The molecule has 0 bridgehead atoms. The summed E-state index contributed by atoms with van der Waals surface area (Å²) >= 11 is 0. The van der Waals surface area contributed by atoms with Gasteiger partial charge in [-0.2, -0.15) is 0 Å². The molecule has 28 heavy (non-hydrogen) atoms. The Hall–Kier alpha value is -3.15. The molecular formula is C22H24N2O4. The van der Waals surface area contributed by atoms with E-state index < -0.39 is 17.8 Å². The smallest absolute Gasteiger partial charge is 0.311 e. The molecule has 2 aromatic carbocycles. The van der Waals surface area contributed by atoms with Crippen LogP contribution in [0, 0.1) is 26.7 Å². The van der Waals surface area contributed by atoms with E-state index in [2.05, 4.69) is 5.32 Å². The number of carbonyl (C=O) groups is 3. The fraction of sp³-hybridized carbons (Fsp3) is 0.318. The van der Waals surface area contributed by atoms with Gasteiger partial charge in [-0.05, 0) is 50.1 Å². The highest BCUT2D eigenvalue weighted by atomic mass is 16.5. The molecule has 0 spiro atoms. The molecule has 1 fully saturated rings. The lowest BCUT2D eigenvalue weighted by Crippen LogP contribution is -2.28. The Kier molecular flexibility index (Phi) is 5.78. The Morgan fingerprint density at radius 1 is 1.11 bits per heavy atom. The fourth-order valence-corrected chi connectivity index (χ4v) is 3.38. The van der Waals surface area contributed by atoms with Crippen molar-refractivity contribution in [3.05, 3.63) is 59.2 Å². The molecule has 6 nitrogen and oxygen atoms in total. The van der Waals surface area contributed by atoms with Gasteiger partial charge in [0.1, 0.15) is 0 Å². The van der Waals surface area contributed by atoms with Crippen LogP contribution >= 0.6 is 0 Å². The maximum absolute atomic E-state index is 12.4. The van der Waals surface area contributed by atoms with E-state index in [1.165, 1.54) is 0 Å². The number of aryl methyl sites for hydroxylation is 3. The first kappa shape index (κ1) is 19.6. The molecule has 0 saturated carbocycles. The van der Waals surface area contributed by atoms with Crippen LogP contribution in [0.15, 0.2) is 42.5 Å². The Morgan fingerprint density at radius 2 is 1.86 bits per heavy atom. The first-order valence-electron chi connectivity index (χ1n) is 9.24. The van der Waals surface area contributed by atoms with Gasteiger partial charge in [-0.3, -0.25) is 14.4 Å². The first-order chi connectivity index (χ1) is 13.3. The molecule has 2 aromatic rings. The van der Waals surface area contributed by atoms with E-state index in [-0.39, 0.29) is 25.5 Å². The molecule has 1 aliphatic rings. The predicted octanol–water partition coefficient (Wildman–Crippen LogP) is 3.15. The summed E-state index contributed by atoms with van der Waals surface area (Å²) in [5.74, 6) is -1.62. The van der Waals surface area contributed by atoms with Gasteiger partial charge in [0, 0.05) is 24.3 Å². The third-order valence-electron chi connectivity index (χ3n) is 4.75. The van der Waals surface area contributed by atoms with Crippen molar-refractivity contribution in [1.29, 1.82) is 0 Å². The van der Waals surface area contributed by atoms with Gasteiger partial charge in [0.2, 0.25) is 5.91 Å². The number of carbonyl (C=O) groups excluding carboxylic acids is 3. The van der Waals surface area contributed by atoms with E-state index in [0.29, 0.717) is 5.69 Å². The zero-order valence-electron chi connectivity index (χ0n) is 16.3. The van der Waals surface area contributed by atoms with Crippen molar-refractivity contribution < 1.29 is 19.1 Å². The second-order valence-corrected chi connectivity index (χ2v) is 7.22. The number of amides is 2. The van der Waals surface area contributed by atoms with Crippen LogP contribution in [0.2, 0.25) is 0 Å². The van der Waals surface area contributed by atoms with Crippen LogP contribution in [0.1, 0.15) is 23.1 Å².